The second kappa shape index (κ2) is 6.63. The molecule has 0 saturated carbocycles. The van der Waals surface area contributed by atoms with Gasteiger partial charge in [0.05, 0.1) is 0 Å². The van der Waals surface area contributed by atoms with Crippen LogP contribution in [-0.2, 0) is 4.79 Å². The average molecular weight is 294 g/mol. The third-order valence-electron chi connectivity index (χ3n) is 5.75. The second-order valence-corrected chi connectivity index (χ2v) is 6.85. The molecule has 0 unspecified atom stereocenters. The van der Waals surface area contributed by atoms with Gasteiger partial charge in [0.1, 0.15) is 5.54 Å². The van der Waals surface area contributed by atoms with Crippen molar-refractivity contribution >= 4 is 5.91 Å². The summed E-state index contributed by atoms with van der Waals surface area (Å²) in [6.07, 6.45) is 6.85. The summed E-state index contributed by atoms with van der Waals surface area (Å²) in [5.74, 6) is 0.339. The number of nitrogens with zero attached hydrogens (tertiary/aromatic N) is 2. The summed E-state index contributed by atoms with van der Waals surface area (Å²) in [5, 5.41) is 6.70. The Labute approximate surface area is 128 Å². The molecule has 21 heavy (non-hydrogen) atoms. The third kappa shape index (κ3) is 3.10. The fraction of sp³-hybridized carbons (Fsp3) is 0.938. The van der Waals surface area contributed by atoms with Crippen molar-refractivity contribution in [3.8, 4) is 0 Å². The van der Waals surface area contributed by atoms with Gasteiger partial charge in [-0.15, -0.1) is 0 Å². The Morgan fingerprint density at radius 1 is 1.10 bits per heavy atom. The van der Waals surface area contributed by atoms with E-state index in [9.17, 15) is 4.79 Å². The minimum absolute atomic E-state index is 0.314. The van der Waals surface area contributed by atoms with Crippen molar-refractivity contribution in [2.75, 3.05) is 46.3 Å². The van der Waals surface area contributed by atoms with E-state index in [1.807, 2.05) is 7.05 Å². The van der Waals surface area contributed by atoms with Crippen LogP contribution in [0, 0.1) is 0 Å². The zero-order valence-corrected chi connectivity index (χ0v) is 13.4. The fourth-order valence-electron chi connectivity index (χ4n) is 4.27. The van der Waals surface area contributed by atoms with Gasteiger partial charge in [0, 0.05) is 19.1 Å². The molecule has 5 heteroatoms. The quantitative estimate of drug-likeness (QED) is 0.792. The molecule has 0 aromatic heterocycles. The van der Waals surface area contributed by atoms with Crippen molar-refractivity contribution in [3.05, 3.63) is 0 Å². The first-order valence-corrected chi connectivity index (χ1v) is 8.68. The molecule has 3 rings (SSSR count). The van der Waals surface area contributed by atoms with E-state index in [-0.39, 0.29) is 5.54 Å². The smallest absolute Gasteiger partial charge is 0.242 e. The second-order valence-electron chi connectivity index (χ2n) is 6.85. The third-order valence-corrected chi connectivity index (χ3v) is 5.75. The van der Waals surface area contributed by atoms with Crippen LogP contribution in [0.2, 0.25) is 0 Å². The largest absolute Gasteiger partial charge is 0.341 e. The molecule has 120 valence electrons. The lowest BCUT2D eigenvalue weighted by atomic mass is 9.86. The van der Waals surface area contributed by atoms with E-state index in [1.165, 1.54) is 25.9 Å². The van der Waals surface area contributed by atoms with Gasteiger partial charge in [0.2, 0.25) is 5.91 Å². The highest BCUT2D eigenvalue weighted by atomic mass is 16.2. The van der Waals surface area contributed by atoms with Crippen LogP contribution in [0.4, 0.5) is 0 Å². The minimum atomic E-state index is -0.314. The Bertz CT molecular complexity index is 353. The van der Waals surface area contributed by atoms with Crippen LogP contribution in [-0.4, -0.2) is 73.6 Å². The minimum Gasteiger partial charge on any atom is -0.341 e. The Hall–Kier alpha value is -0.650. The van der Waals surface area contributed by atoms with Crippen LogP contribution in [0.25, 0.3) is 0 Å². The van der Waals surface area contributed by atoms with Crippen molar-refractivity contribution in [1.29, 1.82) is 0 Å². The maximum Gasteiger partial charge on any atom is 0.242 e. The molecule has 0 bridgehead atoms. The van der Waals surface area contributed by atoms with Gasteiger partial charge in [-0.3, -0.25) is 4.79 Å². The zero-order valence-electron chi connectivity index (χ0n) is 13.4. The molecular weight excluding hydrogens is 264 g/mol. The van der Waals surface area contributed by atoms with Crippen LogP contribution in [0.1, 0.15) is 38.5 Å². The van der Waals surface area contributed by atoms with Gasteiger partial charge >= 0.3 is 0 Å². The van der Waals surface area contributed by atoms with Crippen LogP contribution >= 0.6 is 0 Å². The summed E-state index contributed by atoms with van der Waals surface area (Å²) in [5.41, 5.74) is -0.314. The molecule has 3 heterocycles. The first kappa shape index (κ1) is 15.3. The van der Waals surface area contributed by atoms with E-state index in [0.29, 0.717) is 5.91 Å². The van der Waals surface area contributed by atoms with Crippen molar-refractivity contribution in [3.63, 3.8) is 0 Å². The van der Waals surface area contributed by atoms with Gasteiger partial charge in [0.15, 0.2) is 0 Å². The van der Waals surface area contributed by atoms with Gasteiger partial charge in [0.25, 0.3) is 0 Å². The summed E-state index contributed by atoms with van der Waals surface area (Å²) in [6, 6.07) is 0.718. The van der Waals surface area contributed by atoms with Crippen LogP contribution < -0.4 is 10.6 Å². The SMILES string of the molecule is CNC1(C(=O)N2CCC(N3CCCC3)CC2)CCNCC1. The molecule has 0 aliphatic carbocycles. The highest BCUT2D eigenvalue weighted by Gasteiger charge is 2.41. The van der Waals surface area contributed by atoms with Crippen LogP contribution in [0.5, 0.6) is 0 Å². The van der Waals surface area contributed by atoms with E-state index in [0.717, 1.165) is 57.9 Å². The number of hydrogen-bond donors (Lipinski definition) is 2. The first-order chi connectivity index (χ1) is 10.2. The number of likely N-dealkylation sites (N-methyl/N-ethyl adjacent to an activating group) is 1. The number of nitrogens with one attached hydrogen (secondary N) is 2. The highest BCUT2D eigenvalue weighted by molar-refractivity contribution is 5.86. The molecule has 3 aliphatic rings. The van der Waals surface area contributed by atoms with Crippen molar-refractivity contribution in [2.45, 2.75) is 50.1 Å². The number of hydrogen-bond acceptors (Lipinski definition) is 4. The summed E-state index contributed by atoms with van der Waals surface area (Å²) in [6.45, 7) is 6.30. The molecular formula is C16H30N4O. The van der Waals surface area contributed by atoms with Gasteiger partial charge in [-0.25, -0.2) is 0 Å². The van der Waals surface area contributed by atoms with E-state index in [4.69, 9.17) is 0 Å². The Balaban J connectivity index is 1.56. The van der Waals surface area contributed by atoms with Crippen LogP contribution in [0.15, 0.2) is 0 Å². The van der Waals surface area contributed by atoms with Crippen molar-refractivity contribution < 1.29 is 4.79 Å². The maximum atomic E-state index is 13.0. The monoisotopic (exact) mass is 294 g/mol. The summed E-state index contributed by atoms with van der Waals surface area (Å²) >= 11 is 0. The molecule has 0 radical (unpaired) electrons. The van der Waals surface area contributed by atoms with E-state index in [2.05, 4.69) is 20.4 Å². The molecule has 0 spiro atoms. The molecule has 0 atom stereocenters. The zero-order chi connectivity index (χ0) is 14.7. The summed E-state index contributed by atoms with van der Waals surface area (Å²) in [4.78, 5) is 17.7. The number of carbonyl (C=O) groups is 1. The molecule has 3 saturated heterocycles. The summed E-state index contributed by atoms with van der Waals surface area (Å²) in [7, 11) is 1.94. The number of likely N-dealkylation sites (tertiary alicyclic amines) is 2. The van der Waals surface area contributed by atoms with E-state index >= 15 is 0 Å². The lowest BCUT2D eigenvalue weighted by molar-refractivity contribution is -0.141. The van der Waals surface area contributed by atoms with Gasteiger partial charge in [-0.05, 0) is 71.8 Å². The molecule has 2 N–H and O–H groups in total. The maximum absolute atomic E-state index is 13.0. The predicted octanol–water partition coefficient (Wildman–Crippen LogP) is 0.415. The molecule has 1 amide bonds. The Morgan fingerprint density at radius 2 is 1.71 bits per heavy atom. The van der Waals surface area contributed by atoms with Gasteiger partial charge in [-0.2, -0.15) is 0 Å². The van der Waals surface area contributed by atoms with Crippen molar-refractivity contribution in [2.24, 2.45) is 0 Å². The molecule has 0 aromatic rings. The van der Waals surface area contributed by atoms with Gasteiger partial charge < -0.3 is 20.4 Å². The lowest BCUT2D eigenvalue weighted by Crippen LogP contribution is -2.62. The first-order valence-electron chi connectivity index (χ1n) is 8.68. The average Bonchev–Trinajstić information content (AvgIpc) is 3.09. The van der Waals surface area contributed by atoms with E-state index < -0.39 is 0 Å². The number of rotatable bonds is 3. The fourth-order valence-corrected chi connectivity index (χ4v) is 4.27. The number of piperidine rings is 2. The number of carbonyl (C=O) groups excluding carboxylic acids is 1. The molecule has 5 nitrogen and oxygen atoms in total. The highest BCUT2D eigenvalue weighted by Crippen LogP contribution is 2.26. The lowest BCUT2D eigenvalue weighted by Gasteiger charge is -2.43. The van der Waals surface area contributed by atoms with Crippen molar-refractivity contribution in [1.82, 2.24) is 20.4 Å². The topological polar surface area (TPSA) is 47.6 Å². The van der Waals surface area contributed by atoms with Crippen LogP contribution in [0.3, 0.4) is 0 Å². The molecule has 0 aromatic carbocycles. The number of amides is 1. The predicted molar refractivity (Wildman–Crippen MR) is 84.3 cm³/mol. The summed E-state index contributed by atoms with van der Waals surface area (Å²) < 4.78 is 0. The van der Waals surface area contributed by atoms with E-state index in [1.54, 1.807) is 0 Å². The Morgan fingerprint density at radius 3 is 2.29 bits per heavy atom. The molecule has 3 fully saturated rings. The molecule has 3 aliphatic heterocycles. The normalized spacial score (nSPS) is 28.0. The van der Waals surface area contributed by atoms with Gasteiger partial charge in [-0.1, -0.05) is 0 Å². The Kier molecular flexibility index (Phi) is 4.82. The standard InChI is InChI=1S/C16H30N4O/c1-17-16(6-8-18-9-7-16)15(21)20-12-4-14(5-13-20)19-10-2-3-11-19/h14,17-18H,2-13H2,1H3.